The Bertz CT molecular complexity index is 1030. The van der Waals surface area contributed by atoms with Crippen molar-refractivity contribution in [2.45, 2.75) is 52.4 Å². The molecule has 0 radical (unpaired) electrons. The molecule has 1 aliphatic carbocycles. The lowest BCUT2D eigenvalue weighted by Gasteiger charge is -2.31. The van der Waals surface area contributed by atoms with Gasteiger partial charge in [0.05, 0.1) is 5.39 Å². The van der Waals surface area contributed by atoms with Crippen molar-refractivity contribution in [2.75, 3.05) is 18.0 Å². The number of nitrogens with zero attached hydrogens (tertiary/aromatic N) is 3. The molecule has 0 N–H and O–H groups in total. The van der Waals surface area contributed by atoms with Gasteiger partial charge < -0.3 is 4.90 Å². The lowest BCUT2D eigenvalue weighted by atomic mass is 9.88. The number of hydrogen-bond donors (Lipinski definition) is 0. The molecular weight excluding hydrogens is 386 g/mol. The molecule has 0 spiro atoms. The molecule has 2 aliphatic rings. The number of hydrogen-bond acceptors (Lipinski definition) is 4. The fourth-order valence-corrected chi connectivity index (χ4v) is 6.01. The molecule has 0 atom stereocenters. The molecule has 1 fully saturated rings. The van der Waals surface area contributed by atoms with Gasteiger partial charge in [-0.25, -0.2) is 4.98 Å². The maximum atomic E-state index is 6.33. The SMILES string of the molecule is Cc1sc2nc(Cl)nc(N3CCC(C)CC3)c2c1-c1ccc2c(c1)CCCC2. The molecule has 0 bridgehead atoms. The van der Waals surface area contributed by atoms with Crippen LogP contribution in [0.15, 0.2) is 18.2 Å². The highest BCUT2D eigenvalue weighted by Gasteiger charge is 2.25. The summed E-state index contributed by atoms with van der Waals surface area (Å²) >= 11 is 8.07. The van der Waals surface area contributed by atoms with Gasteiger partial charge in [0, 0.05) is 23.5 Å². The van der Waals surface area contributed by atoms with Crippen LogP contribution in [-0.4, -0.2) is 23.1 Å². The number of aromatic nitrogens is 2. The quantitative estimate of drug-likeness (QED) is 0.454. The van der Waals surface area contributed by atoms with E-state index in [1.807, 2.05) is 0 Å². The third-order valence-corrected chi connectivity index (χ3v) is 7.57. The second kappa shape index (κ2) is 7.31. The molecule has 0 unspecified atom stereocenters. The topological polar surface area (TPSA) is 29.0 Å². The molecule has 2 aromatic heterocycles. The predicted molar refractivity (Wildman–Crippen MR) is 120 cm³/mol. The van der Waals surface area contributed by atoms with E-state index in [9.17, 15) is 0 Å². The molecule has 146 valence electrons. The maximum absolute atomic E-state index is 6.33. The molecule has 28 heavy (non-hydrogen) atoms. The van der Waals surface area contributed by atoms with E-state index in [-0.39, 0.29) is 0 Å². The summed E-state index contributed by atoms with van der Waals surface area (Å²) in [4.78, 5) is 14.0. The Morgan fingerprint density at radius 3 is 2.61 bits per heavy atom. The Labute approximate surface area is 175 Å². The van der Waals surface area contributed by atoms with Crippen LogP contribution in [0.3, 0.4) is 0 Å². The van der Waals surface area contributed by atoms with Crippen LogP contribution in [0.25, 0.3) is 21.3 Å². The van der Waals surface area contributed by atoms with Gasteiger partial charge in [-0.15, -0.1) is 11.3 Å². The van der Waals surface area contributed by atoms with Crippen LogP contribution in [0.5, 0.6) is 0 Å². The summed E-state index contributed by atoms with van der Waals surface area (Å²) in [5, 5.41) is 1.55. The van der Waals surface area contributed by atoms with E-state index in [0.717, 1.165) is 29.7 Å². The first-order valence-electron chi connectivity index (χ1n) is 10.4. The van der Waals surface area contributed by atoms with Crippen LogP contribution in [0.1, 0.15) is 48.6 Å². The number of thiophene rings is 1. The zero-order valence-corrected chi connectivity index (χ0v) is 18.2. The van der Waals surface area contributed by atoms with Gasteiger partial charge in [0.25, 0.3) is 0 Å². The third-order valence-electron chi connectivity index (χ3n) is 6.40. The maximum Gasteiger partial charge on any atom is 0.225 e. The summed E-state index contributed by atoms with van der Waals surface area (Å²) in [5.74, 6) is 1.81. The van der Waals surface area contributed by atoms with E-state index in [0.29, 0.717) is 5.28 Å². The van der Waals surface area contributed by atoms with Crippen molar-refractivity contribution in [3.05, 3.63) is 39.5 Å². The van der Waals surface area contributed by atoms with Gasteiger partial charge in [-0.2, -0.15) is 4.98 Å². The van der Waals surface area contributed by atoms with E-state index in [1.165, 1.54) is 71.0 Å². The minimum absolute atomic E-state index is 0.361. The Hall–Kier alpha value is -1.65. The molecule has 5 rings (SSSR count). The Kier molecular flexibility index (Phi) is 4.80. The van der Waals surface area contributed by atoms with Crippen LogP contribution in [0.4, 0.5) is 5.82 Å². The van der Waals surface area contributed by atoms with Gasteiger partial charge in [0.15, 0.2) is 0 Å². The van der Waals surface area contributed by atoms with Gasteiger partial charge in [0.1, 0.15) is 10.6 Å². The van der Waals surface area contributed by atoms with E-state index < -0.39 is 0 Å². The third kappa shape index (κ3) is 3.21. The first-order chi connectivity index (χ1) is 13.6. The lowest BCUT2D eigenvalue weighted by molar-refractivity contribution is 0.437. The fraction of sp³-hybridized carbons (Fsp3) is 0.478. The number of aryl methyl sites for hydroxylation is 3. The van der Waals surface area contributed by atoms with E-state index >= 15 is 0 Å². The number of halogens is 1. The summed E-state index contributed by atoms with van der Waals surface area (Å²) < 4.78 is 0. The van der Waals surface area contributed by atoms with Crippen molar-refractivity contribution >= 4 is 39.0 Å². The van der Waals surface area contributed by atoms with E-state index in [4.69, 9.17) is 16.6 Å². The van der Waals surface area contributed by atoms with Crippen molar-refractivity contribution < 1.29 is 0 Å². The molecule has 5 heteroatoms. The van der Waals surface area contributed by atoms with Crippen molar-refractivity contribution in [1.29, 1.82) is 0 Å². The van der Waals surface area contributed by atoms with E-state index in [1.54, 1.807) is 11.3 Å². The Morgan fingerprint density at radius 1 is 1.07 bits per heavy atom. The van der Waals surface area contributed by atoms with Crippen LogP contribution in [0.2, 0.25) is 5.28 Å². The minimum atomic E-state index is 0.361. The fourth-order valence-electron chi connectivity index (χ4n) is 4.75. The summed E-state index contributed by atoms with van der Waals surface area (Å²) in [6.07, 6.45) is 7.45. The number of piperidine rings is 1. The van der Waals surface area contributed by atoms with Gasteiger partial charge >= 0.3 is 0 Å². The number of rotatable bonds is 2. The first kappa shape index (κ1) is 18.4. The Balaban J connectivity index is 1.68. The van der Waals surface area contributed by atoms with Crippen molar-refractivity contribution in [1.82, 2.24) is 9.97 Å². The van der Waals surface area contributed by atoms with E-state index in [2.05, 4.69) is 41.9 Å². The molecule has 0 saturated carbocycles. The molecule has 3 aromatic rings. The zero-order chi connectivity index (χ0) is 19.3. The number of anilines is 1. The average Bonchev–Trinajstić information content (AvgIpc) is 3.03. The van der Waals surface area contributed by atoms with Gasteiger partial charge in [0.2, 0.25) is 5.28 Å². The lowest BCUT2D eigenvalue weighted by Crippen LogP contribution is -2.33. The molecule has 3 heterocycles. The highest BCUT2D eigenvalue weighted by atomic mass is 35.5. The summed E-state index contributed by atoms with van der Waals surface area (Å²) in [7, 11) is 0. The highest BCUT2D eigenvalue weighted by Crippen LogP contribution is 2.43. The molecule has 0 amide bonds. The van der Waals surface area contributed by atoms with Gasteiger partial charge in [-0.05, 0) is 79.7 Å². The predicted octanol–water partition coefficient (Wildman–Crippen LogP) is 6.44. The zero-order valence-electron chi connectivity index (χ0n) is 16.6. The van der Waals surface area contributed by atoms with Gasteiger partial charge in [-0.3, -0.25) is 0 Å². The second-order valence-corrected chi connectivity index (χ2v) is 9.93. The normalized spacial score (nSPS) is 17.9. The van der Waals surface area contributed by atoms with Crippen molar-refractivity contribution in [3.63, 3.8) is 0 Å². The van der Waals surface area contributed by atoms with Crippen LogP contribution >= 0.6 is 22.9 Å². The Morgan fingerprint density at radius 2 is 1.82 bits per heavy atom. The highest BCUT2D eigenvalue weighted by molar-refractivity contribution is 7.19. The minimum Gasteiger partial charge on any atom is -0.356 e. The first-order valence-corrected chi connectivity index (χ1v) is 11.6. The summed E-state index contributed by atoms with van der Waals surface area (Å²) in [6, 6.07) is 7.06. The monoisotopic (exact) mass is 411 g/mol. The number of fused-ring (bicyclic) bond motifs is 2. The second-order valence-electron chi connectivity index (χ2n) is 8.39. The van der Waals surface area contributed by atoms with Crippen LogP contribution < -0.4 is 4.90 Å². The summed E-state index contributed by atoms with van der Waals surface area (Å²) in [5.41, 5.74) is 5.66. The van der Waals surface area contributed by atoms with Gasteiger partial charge in [-0.1, -0.05) is 25.1 Å². The van der Waals surface area contributed by atoms with Crippen molar-refractivity contribution in [2.24, 2.45) is 5.92 Å². The summed E-state index contributed by atoms with van der Waals surface area (Å²) in [6.45, 7) is 6.63. The van der Waals surface area contributed by atoms with Crippen LogP contribution in [0, 0.1) is 12.8 Å². The molecule has 1 saturated heterocycles. The molecule has 3 nitrogen and oxygen atoms in total. The molecular formula is C23H26ClN3S. The number of benzene rings is 1. The average molecular weight is 412 g/mol. The largest absolute Gasteiger partial charge is 0.356 e. The smallest absolute Gasteiger partial charge is 0.225 e. The standard InChI is InChI=1S/C23H26ClN3S/c1-14-9-11-27(12-10-14)21-20-19(15(2)28-22(20)26-23(24)25-21)18-8-7-16-5-3-4-6-17(16)13-18/h7-8,13-14H,3-6,9-12H2,1-2H3. The molecule has 1 aliphatic heterocycles. The van der Waals surface area contributed by atoms with Crippen LogP contribution in [-0.2, 0) is 12.8 Å². The van der Waals surface area contributed by atoms with Crippen molar-refractivity contribution in [3.8, 4) is 11.1 Å². The molecule has 1 aromatic carbocycles.